The van der Waals surface area contributed by atoms with Crippen LogP contribution in [-0.2, 0) is 21.0 Å². The van der Waals surface area contributed by atoms with E-state index in [1.54, 1.807) is 15.9 Å². The summed E-state index contributed by atoms with van der Waals surface area (Å²) < 4.78 is 14.2. The molecular weight excluding hydrogens is 375 g/mol. The molecule has 2 aliphatic rings. The van der Waals surface area contributed by atoms with Crippen molar-refractivity contribution >= 4 is 29.3 Å². The van der Waals surface area contributed by atoms with Crippen LogP contribution in [0.4, 0.5) is 10.1 Å². The molecule has 0 bridgehead atoms. The lowest BCUT2D eigenvalue weighted by Gasteiger charge is -2.34. The number of amides is 2. The SMILES string of the molecule is Cc1ccc(CN2C(=O)[C@]3(SCCN3C(=O)C(C)C)c3cc(F)ccc32)cc1. The number of aryl methyl sites for hydroxylation is 1. The molecule has 2 aliphatic heterocycles. The number of thioether (sulfide) groups is 1. The van der Waals surface area contributed by atoms with Crippen molar-refractivity contribution in [2.45, 2.75) is 32.2 Å². The van der Waals surface area contributed by atoms with Crippen molar-refractivity contribution in [1.82, 2.24) is 4.90 Å². The van der Waals surface area contributed by atoms with Gasteiger partial charge in [0.05, 0.1) is 12.2 Å². The number of halogens is 1. The summed E-state index contributed by atoms with van der Waals surface area (Å²) in [7, 11) is 0. The van der Waals surface area contributed by atoms with Crippen LogP contribution in [0.3, 0.4) is 0 Å². The van der Waals surface area contributed by atoms with Gasteiger partial charge in [-0.05, 0) is 30.7 Å². The highest BCUT2D eigenvalue weighted by Gasteiger charge is 2.59. The van der Waals surface area contributed by atoms with Crippen molar-refractivity contribution in [2.24, 2.45) is 5.92 Å². The third-order valence-corrected chi connectivity index (χ3v) is 6.80. The van der Waals surface area contributed by atoms with Crippen molar-refractivity contribution in [3.8, 4) is 0 Å². The Morgan fingerprint density at radius 1 is 1.21 bits per heavy atom. The molecule has 4 rings (SSSR count). The van der Waals surface area contributed by atoms with Crippen LogP contribution < -0.4 is 4.90 Å². The minimum absolute atomic E-state index is 0.0780. The van der Waals surface area contributed by atoms with Gasteiger partial charge in [-0.15, -0.1) is 11.8 Å². The lowest BCUT2D eigenvalue weighted by molar-refractivity contribution is -0.142. The lowest BCUT2D eigenvalue weighted by atomic mass is 10.0. The third-order valence-electron chi connectivity index (χ3n) is 5.38. The first-order valence-electron chi connectivity index (χ1n) is 9.47. The molecule has 1 fully saturated rings. The summed E-state index contributed by atoms with van der Waals surface area (Å²) in [5.41, 5.74) is 3.41. The van der Waals surface area contributed by atoms with Crippen molar-refractivity contribution in [2.75, 3.05) is 17.2 Å². The summed E-state index contributed by atoms with van der Waals surface area (Å²) in [5.74, 6) is -0.214. The number of anilines is 1. The summed E-state index contributed by atoms with van der Waals surface area (Å²) in [6.07, 6.45) is 0. The maximum atomic E-state index is 14.2. The van der Waals surface area contributed by atoms with Crippen LogP contribution >= 0.6 is 11.8 Å². The van der Waals surface area contributed by atoms with Crippen molar-refractivity contribution in [3.05, 3.63) is 65.0 Å². The van der Waals surface area contributed by atoms with E-state index in [1.807, 2.05) is 45.0 Å². The van der Waals surface area contributed by atoms with Gasteiger partial charge in [0.25, 0.3) is 5.91 Å². The Kier molecular flexibility index (Phi) is 4.70. The summed E-state index contributed by atoms with van der Waals surface area (Å²) in [6, 6.07) is 12.5. The molecule has 0 saturated carbocycles. The van der Waals surface area contributed by atoms with E-state index in [4.69, 9.17) is 0 Å². The number of carbonyl (C=O) groups excluding carboxylic acids is 2. The maximum Gasteiger partial charge on any atom is 0.268 e. The number of nitrogens with zero attached hydrogens (tertiary/aromatic N) is 2. The Balaban J connectivity index is 1.81. The van der Waals surface area contributed by atoms with Crippen molar-refractivity contribution in [1.29, 1.82) is 0 Å². The van der Waals surface area contributed by atoms with Gasteiger partial charge in [-0.3, -0.25) is 9.59 Å². The van der Waals surface area contributed by atoms with E-state index in [2.05, 4.69) is 0 Å². The standard InChI is InChI=1S/C22H23FN2O2S/c1-14(2)20(26)25-10-11-28-22(25)18-12-17(23)8-9-19(18)24(21(22)27)13-16-6-4-15(3)5-7-16/h4-9,12,14H,10-11,13H2,1-3H3/t22-/m1/s1. The summed E-state index contributed by atoms with van der Waals surface area (Å²) in [4.78, 5) is 28.8. The summed E-state index contributed by atoms with van der Waals surface area (Å²) in [5, 5.41) is 0. The molecule has 28 heavy (non-hydrogen) atoms. The molecule has 0 unspecified atom stereocenters. The molecule has 0 aliphatic carbocycles. The van der Waals surface area contributed by atoms with Gasteiger partial charge in [-0.2, -0.15) is 0 Å². The van der Waals surface area contributed by atoms with Gasteiger partial charge in [0.15, 0.2) is 4.87 Å². The number of carbonyl (C=O) groups is 2. The summed E-state index contributed by atoms with van der Waals surface area (Å²) >= 11 is 1.43. The van der Waals surface area contributed by atoms with Gasteiger partial charge in [0, 0.05) is 23.8 Å². The van der Waals surface area contributed by atoms with Gasteiger partial charge < -0.3 is 9.80 Å². The number of rotatable bonds is 3. The zero-order valence-corrected chi connectivity index (χ0v) is 17.1. The molecule has 1 spiro atoms. The van der Waals surface area contributed by atoms with Crippen LogP contribution in [0.1, 0.15) is 30.5 Å². The number of hydrogen-bond acceptors (Lipinski definition) is 3. The molecule has 0 N–H and O–H groups in total. The Bertz CT molecular complexity index is 944. The Morgan fingerprint density at radius 2 is 1.93 bits per heavy atom. The quantitative estimate of drug-likeness (QED) is 0.783. The first-order chi connectivity index (χ1) is 13.3. The first-order valence-corrected chi connectivity index (χ1v) is 10.5. The maximum absolute atomic E-state index is 14.2. The van der Waals surface area contributed by atoms with E-state index in [0.29, 0.717) is 30.1 Å². The highest BCUT2D eigenvalue weighted by Crippen LogP contribution is 2.54. The van der Waals surface area contributed by atoms with Crippen LogP contribution in [0.15, 0.2) is 42.5 Å². The molecule has 6 heteroatoms. The van der Waals surface area contributed by atoms with Crippen LogP contribution in [0.2, 0.25) is 0 Å². The van der Waals surface area contributed by atoms with E-state index in [9.17, 15) is 14.0 Å². The minimum atomic E-state index is -1.16. The highest BCUT2D eigenvalue weighted by molar-refractivity contribution is 8.01. The first kappa shape index (κ1) is 19.0. The molecule has 2 aromatic carbocycles. The predicted molar refractivity (Wildman–Crippen MR) is 109 cm³/mol. The fourth-order valence-corrected chi connectivity index (χ4v) is 5.41. The second kappa shape index (κ2) is 6.92. The molecule has 1 saturated heterocycles. The van der Waals surface area contributed by atoms with Crippen LogP contribution in [0.5, 0.6) is 0 Å². The van der Waals surface area contributed by atoms with E-state index in [-0.39, 0.29) is 17.7 Å². The predicted octanol–water partition coefficient (Wildman–Crippen LogP) is 4.07. The molecular formula is C22H23FN2O2S. The van der Waals surface area contributed by atoms with Crippen LogP contribution in [0.25, 0.3) is 0 Å². The Labute approximate surface area is 168 Å². The monoisotopic (exact) mass is 398 g/mol. The fraction of sp³-hybridized carbons (Fsp3) is 0.364. The average Bonchev–Trinajstić information content (AvgIpc) is 3.20. The molecule has 4 nitrogen and oxygen atoms in total. The highest BCUT2D eigenvalue weighted by atomic mass is 32.2. The summed E-state index contributed by atoms with van der Waals surface area (Å²) in [6.45, 7) is 6.55. The second-order valence-corrected chi connectivity index (χ2v) is 8.96. The van der Waals surface area contributed by atoms with Gasteiger partial charge in [0.2, 0.25) is 5.91 Å². The van der Waals surface area contributed by atoms with Gasteiger partial charge >= 0.3 is 0 Å². The molecule has 1 atom stereocenters. The third kappa shape index (κ3) is 2.82. The van der Waals surface area contributed by atoms with Gasteiger partial charge in [-0.25, -0.2) is 4.39 Å². The van der Waals surface area contributed by atoms with Crippen molar-refractivity contribution in [3.63, 3.8) is 0 Å². The molecule has 0 radical (unpaired) electrons. The number of fused-ring (bicyclic) bond motifs is 2. The zero-order chi connectivity index (χ0) is 20.1. The minimum Gasteiger partial charge on any atom is -0.315 e. The molecule has 2 amide bonds. The van der Waals surface area contributed by atoms with Crippen LogP contribution in [0, 0.1) is 18.7 Å². The average molecular weight is 399 g/mol. The zero-order valence-electron chi connectivity index (χ0n) is 16.2. The molecule has 2 heterocycles. The normalized spacial score (nSPS) is 21.1. The lowest BCUT2D eigenvalue weighted by Crippen LogP contribution is -2.51. The van der Waals surface area contributed by atoms with Gasteiger partial charge in [0.1, 0.15) is 5.82 Å². The van der Waals surface area contributed by atoms with E-state index >= 15 is 0 Å². The van der Waals surface area contributed by atoms with Crippen LogP contribution in [-0.4, -0.2) is 29.0 Å². The van der Waals surface area contributed by atoms with E-state index in [1.165, 1.54) is 23.9 Å². The molecule has 2 aromatic rings. The molecule has 146 valence electrons. The van der Waals surface area contributed by atoms with Crippen molar-refractivity contribution < 1.29 is 14.0 Å². The van der Waals surface area contributed by atoms with E-state index in [0.717, 1.165) is 11.1 Å². The topological polar surface area (TPSA) is 40.6 Å². The number of benzene rings is 2. The smallest absolute Gasteiger partial charge is 0.268 e. The fourth-order valence-electron chi connectivity index (χ4n) is 3.95. The van der Waals surface area contributed by atoms with E-state index < -0.39 is 10.7 Å². The van der Waals surface area contributed by atoms with Gasteiger partial charge in [-0.1, -0.05) is 43.7 Å². The number of hydrogen-bond donors (Lipinski definition) is 0. The molecule has 0 aromatic heterocycles. The largest absolute Gasteiger partial charge is 0.315 e. The Morgan fingerprint density at radius 3 is 2.61 bits per heavy atom. The Hall–Kier alpha value is -2.34. The second-order valence-electron chi connectivity index (χ2n) is 7.68.